The van der Waals surface area contributed by atoms with E-state index in [2.05, 4.69) is 29.1 Å². The number of aromatic nitrogens is 2. The molecule has 1 saturated heterocycles. The highest BCUT2D eigenvalue weighted by Crippen LogP contribution is 2.35. The van der Waals surface area contributed by atoms with E-state index >= 15 is 0 Å². The first-order valence-corrected chi connectivity index (χ1v) is 10.7. The summed E-state index contributed by atoms with van der Waals surface area (Å²) in [5.41, 5.74) is 1.79. The number of para-hydroxylation sites is 2. The Bertz CT molecular complexity index is 934. The smallest absolute Gasteiger partial charge is 0.233 e. The second-order valence-corrected chi connectivity index (χ2v) is 8.62. The molecule has 1 aliphatic carbocycles. The summed E-state index contributed by atoms with van der Waals surface area (Å²) in [7, 11) is 0. The van der Waals surface area contributed by atoms with Crippen LogP contribution in [0.4, 0.5) is 0 Å². The number of imidazole rings is 1. The summed E-state index contributed by atoms with van der Waals surface area (Å²) in [6.07, 6.45) is 5.99. The Labute approximate surface area is 175 Å². The van der Waals surface area contributed by atoms with Crippen molar-refractivity contribution in [3.05, 3.63) is 42.2 Å². The first-order chi connectivity index (χ1) is 14.4. The lowest BCUT2D eigenvalue weighted by Crippen LogP contribution is -2.37. The van der Waals surface area contributed by atoms with Crippen LogP contribution in [0.5, 0.6) is 0 Å². The molecule has 30 heavy (non-hydrogen) atoms. The van der Waals surface area contributed by atoms with E-state index in [4.69, 9.17) is 0 Å². The van der Waals surface area contributed by atoms with Crippen molar-refractivity contribution in [3.63, 3.8) is 0 Å². The first-order valence-electron chi connectivity index (χ1n) is 10.7. The van der Waals surface area contributed by atoms with Crippen LogP contribution in [0.2, 0.25) is 0 Å². The lowest BCUT2D eigenvalue weighted by molar-refractivity contribution is -0.140. The molecular formula is C23H28N4O3. The maximum atomic E-state index is 12.7. The number of hydrogen-bond acceptors (Lipinski definition) is 4. The standard InChI is InChI=1S/C23H28N4O3/c1-14(2)13-19(21-25-17-9-5-6-10-18(17)26-21)24-20(28)11-12-27-22(29)15-7-3-4-8-16(15)23(27)30/h3-6,9-10,14-16,19H,7-8,11-13H2,1-2H3,(H,24,28)(H,25,26)/t15-,16+,19-/m1/s1. The molecular weight excluding hydrogens is 380 g/mol. The van der Waals surface area contributed by atoms with Crippen LogP contribution in [0.25, 0.3) is 11.0 Å². The van der Waals surface area contributed by atoms with Gasteiger partial charge in [-0.1, -0.05) is 38.1 Å². The molecule has 0 bridgehead atoms. The SMILES string of the molecule is CC(C)C[C@@H](NC(=O)CCN1C(=O)[C@H]2CC=CC[C@H]2C1=O)c1nc2ccccc2[nH]1. The van der Waals surface area contributed by atoms with Crippen LogP contribution in [0.1, 0.15) is 51.4 Å². The van der Waals surface area contributed by atoms with Crippen LogP contribution in [0.15, 0.2) is 36.4 Å². The van der Waals surface area contributed by atoms with Gasteiger partial charge in [0.25, 0.3) is 0 Å². The molecule has 1 aromatic carbocycles. The van der Waals surface area contributed by atoms with E-state index in [1.807, 2.05) is 36.4 Å². The van der Waals surface area contributed by atoms with Gasteiger partial charge in [-0.3, -0.25) is 19.3 Å². The highest BCUT2D eigenvalue weighted by molar-refractivity contribution is 6.05. The van der Waals surface area contributed by atoms with Crippen LogP contribution < -0.4 is 5.32 Å². The maximum absolute atomic E-state index is 12.7. The number of amides is 3. The third-order valence-corrected chi connectivity index (χ3v) is 5.94. The first kappa shape index (κ1) is 20.3. The molecule has 3 amide bonds. The largest absolute Gasteiger partial charge is 0.346 e. The quantitative estimate of drug-likeness (QED) is 0.544. The van der Waals surface area contributed by atoms with E-state index in [1.165, 1.54) is 4.90 Å². The molecule has 7 nitrogen and oxygen atoms in total. The molecule has 2 aromatic rings. The van der Waals surface area contributed by atoms with Crippen LogP contribution >= 0.6 is 0 Å². The molecule has 1 fully saturated rings. The number of allylic oxidation sites excluding steroid dienone is 2. The van der Waals surface area contributed by atoms with Crippen LogP contribution in [0, 0.1) is 17.8 Å². The van der Waals surface area contributed by atoms with Crippen LogP contribution in [-0.2, 0) is 14.4 Å². The normalized spacial score (nSPS) is 22.0. The molecule has 158 valence electrons. The number of hydrogen-bond donors (Lipinski definition) is 2. The van der Waals surface area contributed by atoms with Crippen molar-refractivity contribution in [1.29, 1.82) is 0 Å². The second-order valence-electron chi connectivity index (χ2n) is 8.62. The van der Waals surface area contributed by atoms with Crippen LogP contribution in [0.3, 0.4) is 0 Å². The highest BCUT2D eigenvalue weighted by Gasteiger charge is 2.46. The van der Waals surface area contributed by atoms with Crippen molar-refractivity contribution in [2.45, 2.75) is 45.6 Å². The number of rotatable bonds is 7. The molecule has 2 heterocycles. The number of H-pyrrole nitrogens is 1. The molecule has 2 N–H and O–H groups in total. The number of imide groups is 1. The van der Waals surface area contributed by atoms with Gasteiger partial charge in [0, 0.05) is 13.0 Å². The van der Waals surface area contributed by atoms with Gasteiger partial charge in [-0.15, -0.1) is 0 Å². The molecule has 0 unspecified atom stereocenters. The van der Waals surface area contributed by atoms with Gasteiger partial charge in [0.15, 0.2) is 0 Å². The van der Waals surface area contributed by atoms with E-state index in [1.54, 1.807) is 0 Å². The van der Waals surface area contributed by atoms with Gasteiger partial charge >= 0.3 is 0 Å². The summed E-state index contributed by atoms with van der Waals surface area (Å²) in [6.45, 7) is 4.32. The predicted octanol–water partition coefficient (Wildman–Crippen LogP) is 3.11. The number of nitrogens with zero attached hydrogens (tertiary/aromatic N) is 2. The van der Waals surface area contributed by atoms with Crippen molar-refractivity contribution in [1.82, 2.24) is 20.2 Å². The van der Waals surface area contributed by atoms with Crippen molar-refractivity contribution >= 4 is 28.8 Å². The van der Waals surface area contributed by atoms with Crippen molar-refractivity contribution < 1.29 is 14.4 Å². The summed E-state index contributed by atoms with van der Waals surface area (Å²) < 4.78 is 0. The van der Waals surface area contributed by atoms with E-state index in [0.717, 1.165) is 23.3 Å². The summed E-state index contributed by atoms with van der Waals surface area (Å²) >= 11 is 0. The highest BCUT2D eigenvalue weighted by atomic mass is 16.2. The van der Waals surface area contributed by atoms with Crippen LogP contribution in [-0.4, -0.2) is 39.1 Å². The lowest BCUT2D eigenvalue weighted by Gasteiger charge is -2.20. The molecule has 7 heteroatoms. The van der Waals surface area contributed by atoms with Gasteiger partial charge in [-0.05, 0) is 37.3 Å². The van der Waals surface area contributed by atoms with Gasteiger partial charge in [0.05, 0.1) is 28.9 Å². The summed E-state index contributed by atoms with van der Waals surface area (Å²) in [5.74, 6) is 0.111. The number of carbonyl (C=O) groups excluding carboxylic acids is 3. The second kappa shape index (κ2) is 8.42. The molecule has 1 aliphatic heterocycles. The topological polar surface area (TPSA) is 95.2 Å². The van der Waals surface area contributed by atoms with Gasteiger partial charge < -0.3 is 10.3 Å². The van der Waals surface area contributed by atoms with Crippen molar-refractivity contribution in [2.24, 2.45) is 17.8 Å². The Hall–Kier alpha value is -2.96. The Balaban J connectivity index is 1.40. The number of nitrogens with one attached hydrogen (secondary N) is 2. The molecule has 0 spiro atoms. The van der Waals surface area contributed by atoms with E-state index in [9.17, 15) is 14.4 Å². The zero-order valence-corrected chi connectivity index (χ0v) is 17.4. The van der Waals surface area contributed by atoms with Gasteiger partial charge in [-0.2, -0.15) is 0 Å². The molecule has 4 rings (SSSR count). The molecule has 2 aliphatic rings. The van der Waals surface area contributed by atoms with Gasteiger partial charge in [0.1, 0.15) is 5.82 Å². The Morgan fingerprint density at radius 2 is 1.83 bits per heavy atom. The third kappa shape index (κ3) is 4.01. The number of fused-ring (bicyclic) bond motifs is 2. The number of likely N-dealkylation sites (tertiary alicyclic amines) is 1. The predicted molar refractivity (Wildman–Crippen MR) is 113 cm³/mol. The third-order valence-electron chi connectivity index (χ3n) is 5.94. The summed E-state index contributed by atoms with van der Waals surface area (Å²) in [5, 5.41) is 3.05. The molecule has 0 radical (unpaired) electrons. The fraction of sp³-hybridized carbons (Fsp3) is 0.478. The number of carbonyl (C=O) groups is 3. The maximum Gasteiger partial charge on any atom is 0.233 e. The molecule has 1 aromatic heterocycles. The van der Waals surface area contributed by atoms with E-state index in [0.29, 0.717) is 18.8 Å². The minimum Gasteiger partial charge on any atom is -0.346 e. The minimum atomic E-state index is -0.255. The van der Waals surface area contributed by atoms with Crippen molar-refractivity contribution in [2.75, 3.05) is 6.54 Å². The average Bonchev–Trinajstić information content (AvgIpc) is 3.26. The summed E-state index contributed by atoms with van der Waals surface area (Å²) in [6, 6.07) is 7.51. The summed E-state index contributed by atoms with van der Waals surface area (Å²) in [4.78, 5) is 47.1. The van der Waals surface area contributed by atoms with Crippen molar-refractivity contribution in [3.8, 4) is 0 Å². The van der Waals surface area contributed by atoms with E-state index < -0.39 is 0 Å². The number of aromatic amines is 1. The molecule has 0 saturated carbocycles. The zero-order chi connectivity index (χ0) is 21.3. The minimum absolute atomic E-state index is 0.0964. The van der Waals surface area contributed by atoms with Gasteiger partial charge in [0.2, 0.25) is 17.7 Å². The number of benzene rings is 1. The monoisotopic (exact) mass is 408 g/mol. The Morgan fingerprint density at radius 3 is 2.47 bits per heavy atom. The van der Waals surface area contributed by atoms with Gasteiger partial charge in [-0.25, -0.2) is 4.98 Å². The molecule has 3 atom stereocenters. The fourth-order valence-corrected chi connectivity index (χ4v) is 4.42. The zero-order valence-electron chi connectivity index (χ0n) is 17.4. The van der Waals surface area contributed by atoms with E-state index in [-0.39, 0.29) is 48.6 Å². The average molecular weight is 409 g/mol. The lowest BCUT2D eigenvalue weighted by atomic mass is 9.85. The fourth-order valence-electron chi connectivity index (χ4n) is 4.42. The Morgan fingerprint density at radius 1 is 1.17 bits per heavy atom. The Kier molecular flexibility index (Phi) is 5.70.